The third kappa shape index (κ3) is 5.96. The van der Waals surface area contributed by atoms with Gasteiger partial charge >= 0.3 is 0 Å². The van der Waals surface area contributed by atoms with E-state index in [2.05, 4.69) is 28.4 Å². The zero-order valence-corrected chi connectivity index (χ0v) is 19.7. The number of hydrogen-bond acceptors (Lipinski definition) is 5. The standard InChI is InChI=1S/C26H31N3O2S/c1-29(2)17-21-16-20(26-28-22-10-6-7-11-24(22)32-26)12-13-23(21)31-18-25(30)27-15-14-19-8-4-3-5-9-19/h6-8,10-13,16H,3-5,9,14-15,17-18H2,1-2H3,(H,27,30). The second kappa shape index (κ2) is 10.7. The van der Waals surface area contributed by atoms with Crippen LogP contribution in [0, 0.1) is 0 Å². The summed E-state index contributed by atoms with van der Waals surface area (Å²) < 4.78 is 7.10. The molecule has 4 rings (SSSR count). The number of rotatable bonds is 9. The van der Waals surface area contributed by atoms with E-state index in [0.717, 1.165) is 40.4 Å². The molecule has 1 aromatic heterocycles. The highest BCUT2D eigenvalue weighted by molar-refractivity contribution is 7.21. The van der Waals surface area contributed by atoms with Crippen molar-refractivity contribution in [3.63, 3.8) is 0 Å². The van der Waals surface area contributed by atoms with Crippen molar-refractivity contribution in [3.05, 3.63) is 59.7 Å². The summed E-state index contributed by atoms with van der Waals surface area (Å²) in [5.74, 6) is 0.668. The Morgan fingerprint density at radius 3 is 2.84 bits per heavy atom. The molecule has 1 aliphatic carbocycles. The lowest BCUT2D eigenvalue weighted by atomic mass is 9.97. The molecule has 1 heterocycles. The fraction of sp³-hybridized carbons (Fsp3) is 0.385. The Morgan fingerprint density at radius 1 is 1.19 bits per heavy atom. The maximum Gasteiger partial charge on any atom is 0.257 e. The summed E-state index contributed by atoms with van der Waals surface area (Å²) >= 11 is 1.69. The molecular weight excluding hydrogens is 418 g/mol. The van der Waals surface area contributed by atoms with E-state index in [9.17, 15) is 4.79 Å². The largest absolute Gasteiger partial charge is 0.483 e. The molecule has 168 valence electrons. The van der Waals surface area contributed by atoms with Gasteiger partial charge in [0.15, 0.2) is 6.61 Å². The fourth-order valence-electron chi connectivity index (χ4n) is 4.00. The molecule has 0 fully saturated rings. The molecule has 5 nitrogen and oxygen atoms in total. The van der Waals surface area contributed by atoms with Gasteiger partial charge in [0.1, 0.15) is 10.8 Å². The lowest BCUT2D eigenvalue weighted by Gasteiger charge is -2.16. The van der Waals surface area contributed by atoms with Crippen molar-refractivity contribution in [1.29, 1.82) is 0 Å². The number of fused-ring (bicyclic) bond motifs is 1. The Bertz CT molecular complexity index is 1070. The van der Waals surface area contributed by atoms with Crippen LogP contribution in [0.3, 0.4) is 0 Å². The summed E-state index contributed by atoms with van der Waals surface area (Å²) in [4.78, 5) is 19.2. The summed E-state index contributed by atoms with van der Waals surface area (Å²) in [6, 6.07) is 14.3. The first-order chi connectivity index (χ1) is 15.6. The lowest BCUT2D eigenvalue weighted by molar-refractivity contribution is -0.123. The first-order valence-electron chi connectivity index (χ1n) is 11.3. The highest BCUT2D eigenvalue weighted by atomic mass is 32.1. The Labute approximate surface area is 194 Å². The van der Waals surface area contributed by atoms with E-state index in [-0.39, 0.29) is 12.5 Å². The number of aromatic nitrogens is 1. The predicted octanol–water partition coefficient (Wildman–Crippen LogP) is 5.41. The monoisotopic (exact) mass is 449 g/mol. The van der Waals surface area contributed by atoms with E-state index in [1.54, 1.807) is 11.3 Å². The van der Waals surface area contributed by atoms with E-state index in [0.29, 0.717) is 6.54 Å². The zero-order valence-electron chi connectivity index (χ0n) is 18.9. The Hall–Kier alpha value is -2.70. The minimum Gasteiger partial charge on any atom is -0.483 e. The Kier molecular flexibility index (Phi) is 7.55. The number of nitrogens with zero attached hydrogens (tertiary/aromatic N) is 2. The number of thiazole rings is 1. The maximum atomic E-state index is 12.3. The highest BCUT2D eigenvalue weighted by Crippen LogP contribution is 2.33. The van der Waals surface area contributed by atoms with Gasteiger partial charge in [0.05, 0.1) is 10.2 Å². The number of carbonyl (C=O) groups excluding carboxylic acids is 1. The smallest absolute Gasteiger partial charge is 0.257 e. The molecule has 2 aromatic carbocycles. The van der Waals surface area contributed by atoms with Crippen LogP contribution in [-0.4, -0.2) is 43.0 Å². The predicted molar refractivity (Wildman–Crippen MR) is 132 cm³/mol. The van der Waals surface area contributed by atoms with E-state index in [4.69, 9.17) is 9.72 Å². The van der Waals surface area contributed by atoms with Gasteiger partial charge in [-0.1, -0.05) is 23.8 Å². The molecule has 3 aromatic rings. The minimum atomic E-state index is -0.0764. The summed E-state index contributed by atoms with van der Waals surface area (Å²) in [6.07, 6.45) is 8.16. The van der Waals surface area contributed by atoms with Crippen LogP contribution >= 0.6 is 11.3 Å². The van der Waals surface area contributed by atoms with Crippen LogP contribution < -0.4 is 10.1 Å². The zero-order chi connectivity index (χ0) is 22.3. The number of amides is 1. The third-order valence-electron chi connectivity index (χ3n) is 5.60. The average Bonchev–Trinajstić information content (AvgIpc) is 3.23. The molecule has 1 amide bonds. The van der Waals surface area contributed by atoms with Gasteiger partial charge in [0.25, 0.3) is 5.91 Å². The van der Waals surface area contributed by atoms with Gasteiger partial charge in [-0.15, -0.1) is 11.3 Å². The topological polar surface area (TPSA) is 54.5 Å². The number of allylic oxidation sites excluding steroid dienone is 1. The molecule has 0 atom stereocenters. The van der Waals surface area contributed by atoms with Crippen molar-refractivity contribution in [2.24, 2.45) is 0 Å². The number of ether oxygens (including phenoxy) is 1. The minimum absolute atomic E-state index is 0.0277. The third-order valence-corrected chi connectivity index (χ3v) is 6.69. The summed E-state index contributed by atoms with van der Waals surface area (Å²) in [7, 11) is 4.06. The van der Waals surface area contributed by atoms with Gasteiger partial charge in [0.2, 0.25) is 0 Å². The van der Waals surface area contributed by atoms with Gasteiger partial charge in [-0.25, -0.2) is 4.98 Å². The van der Waals surface area contributed by atoms with Crippen molar-refractivity contribution in [3.8, 4) is 16.3 Å². The fourth-order valence-corrected chi connectivity index (χ4v) is 4.96. The Morgan fingerprint density at radius 2 is 2.06 bits per heavy atom. The molecule has 1 N–H and O–H groups in total. The molecule has 0 spiro atoms. The van der Waals surface area contributed by atoms with E-state index < -0.39 is 0 Å². The average molecular weight is 450 g/mol. The summed E-state index contributed by atoms with van der Waals surface area (Å²) in [5, 5.41) is 3.98. The van der Waals surface area contributed by atoms with Crippen LogP contribution in [0.25, 0.3) is 20.8 Å². The van der Waals surface area contributed by atoms with Gasteiger partial charge in [-0.2, -0.15) is 0 Å². The van der Waals surface area contributed by atoms with Gasteiger partial charge in [0, 0.05) is 24.2 Å². The SMILES string of the molecule is CN(C)Cc1cc(-c2nc3ccccc3s2)ccc1OCC(=O)NCCC1=CCCCC1. The molecule has 32 heavy (non-hydrogen) atoms. The summed E-state index contributed by atoms with van der Waals surface area (Å²) in [6.45, 7) is 1.43. The quantitative estimate of drug-likeness (QED) is 0.444. The number of carbonyl (C=O) groups is 1. The maximum absolute atomic E-state index is 12.3. The summed E-state index contributed by atoms with van der Waals surface area (Å²) in [5.41, 5.74) is 4.60. The molecule has 0 saturated heterocycles. The van der Waals surface area contributed by atoms with Crippen molar-refractivity contribution >= 4 is 27.5 Å². The van der Waals surface area contributed by atoms with Gasteiger partial charge in [-0.05, 0) is 76.5 Å². The number of benzene rings is 2. The second-order valence-electron chi connectivity index (χ2n) is 8.54. The first kappa shape index (κ1) is 22.5. The van der Waals surface area contributed by atoms with E-state index >= 15 is 0 Å². The molecule has 0 aliphatic heterocycles. The highest BCUT2D eigenvalue weighted by Gasteiger charge is 2.13. The second-order valence-corrected chi connectivity index (χ2v) is 9.57. The molecule has 0 bridgehead atoms. The first-order valence-corrected chi connectivity index (χ1v) is 12.1. The van der Waals surface area contributed by atoms with E-state index in [1.807, 2.05) is 44.4 Å². The normalized spacial score (nSPS) is 13.9. The van der Waals surface area contributed by atoms with Crippen LogP contribution in [0.4, 0.5) is 0 Å². The lowest BCUT2D eigenvalue weighted by Crippen LogP contribution is -2.30. The number of para-hydroxylation sites is 1. The van der Waals surface area contributed by atoms with Crippen LogP contribution in [0.5, 0.6) is 5.75 Å². The van der Waals surface area contributed by atoms with Crippen molar-refractivity contribution in [2.75, 3.05) is 27.2 Å². The molecule has 0 saturated carbocycles. The number of nitrogens with one attached hydrogen (secondary N) is 1. The van der Waals surface area contributed by atoms with Crippen molar-refractivity contribution in [1.82, 2.24) is 15.2 Å². The molecule has 0 radical (unpaired) electrons. The molecule has 0 unspecified atom stereocenters. The molecular formula is C26H31N3O2S. The van der Waals surface area contributed by atoms with Crippen LogP contribution in [-0.2, 0) is 11.3 Å². The number of hydrogen-bond donors (Lipinski definition) is 1. The molecule has 1 aliphatic rings. The van der Waals surface area contributed by atoms with E-state index in [1.165, 1.54) is 36.0 Å². The van der Waals surface area contributed by atoms with Crippen LogP contribution in [0.15, 0.2) is 54.1 Å². The Balaban J connectivity index is 1.40. The van der Waals surface area contributed by atoms with Gasteiger partial charge in [-0.3, -0.25) is 4.79 Å². The van der Waals surface area contributed by atoms with Crippen molar-refractivity contribution in [2.45, 2.75) is 38.6 Å². The van der Waals surface area contributed by atoms with Crippen molar-refractivity contribution < 1.29 is 9.53 Å². The molecule has 6 heteroatoms. The van der Waals surface area contributed by atoms with Crippen LogP contribution in [0.2, 0.25) is 0 Å². The van der Waals surface area contributed by atoms with Gasteiger partial charge < -0.3 is 15.0 Å². The van der Waals surface area contributed by atoms with Crippen LogP contribution in [0.1, 0.15) is 37.7 Å².